The van der Waals surface area contributed by atoms with Gasteiger partial charge in [-0.3, -0.25) is 0 Å². The first-order valence-electron chi connectivity index (χ1n) is 6.22. The molecule has 0 heterocycles. The van der Waals surface area contributed by atoms with Gasteiger partial charge in [-0.1, -0.05) is 52.3 Å². The predicted octanol–water partition coefficient (Wildman–Crippen LogP) is 4.30. The van der Waals surface area contributed by atoms with Gasteiger partial charge < -0.3 is 4.74 Å². The summed E-state index contributed by atoms with van der Waals surface area (Å²) in [5, 5.41) is 0.892. The summed E-state index contributed by atoms with van der Waals surface area (Å²) in [6.07, 6.45) is 1.15. The molecule has 0 amide bonds. The zero-order valence-corrected chi connectivity index (χ0v) is 11.7. The van der Waals surface area contributed by atoms with Crippen molar-refractivity contribution in [2.45, 2.75) is 17.7 Å². The third-order valence-corrected chi connectivity index (χ3v) is 4.14. The minimum absolute atomic E-state index is 0.567. The number of hydrogen-bond acceptors (Lipinski definition) is 1. The van der Waals surface area contributed by atoms with Crippen molar-refractivity contribution in [3.8, 4) is 5.75 Å². The molecule has 0 aliphatic heterocycles. The number of halogens is 1. The van der Waals surface area contributed by atoms with Crippen molar-refractivity contribution in [1.29, 1.82) is 0 Å². The quantitative estimate of drug-likeness (QED) is 0.765. The van der Waals surface area contributed by atoms with Crippen LogP contribution in [0.1, 0.15) is 22.6 Å². The molecule has 1 aliphatic carbocycles. The van der Waals surface area contributed by atoms with Crippen LogP contribution in [0.25, 0.3) is 0 Å². The third kappa shape index (κ3) is 2.30. The van der Waals surface area contributed by atoms with Crippen molar-refractivity contribution in [3.05, 3.63) is 65.2 Å². The minimum atomic E-state index is 0.567. The Bertz CT molecular complexity index is 533. The van der Waals surface area contributed by atoms with E-state index in [1.165, 1.54) is 16.7 Å². The van der Waals surface area contributed by atoms with Crippen LogP contribution in [-0.2, 0) is 11.8 Å². The number of alkyl halides is 1. The van der Waals surface area contributed by atoms with Crippen LogP contribution < -0.4 is 4.74 Å². The first-order chi connectivity index (χ1) is 8.86. The van der Waals surface area contributed by atoms with E-state index in [1.807, 2.05) is 12.1 Å². The summed E-state index contributed by atoms with van der Waals surface area (Å²) in [4.78, 5) is 0. The SMILES string of the molecule is BrCc1ccc(OCC2Cc3ccccc32)cc1. The molecule has 1 unspecified atom stereocenters. The molecule has 18 heavy (non-hydrogen) atoms. The summed E-state index contributed by atoms with van der Waals surface area (Å²) in [6.45, 7) is 0.782. The molecule has 1 atom stereocenters. The molecule has 0 saturated carbocycles. The van der Waals surface area contributed by atoms with Gasteiger partial charge in [-0.2, -0.15) is 0 Å². The van der Waals surface area contributed by atoms with E-state index in [0.29, 0.717) is 5.92 Å². The lowest BCUT2D eigenvalue weighted by Gasteiger charge is -2.29. The number of hydrogen-bond donors (Lipinski definition) is 0. The highest BCUT2D eigenvalue weighted by atomic mass is 79.9. The normalized spacial score (nSPS) is 16.8. The fourth-order valence-electron chi connectivity index (χ4n) is 2.38. The molecule has 0 bridgehead atoms. The van der Waals surface area contributed by atoms with E-state index in [9.17, 15) is 0 Å². The van der Waals surface area contributed by atoms with Crippen LogP contribution in [0.4, 0.5) is 0 Å². The maximum absolute atomic E-state index is 5.85. The highest BCUT2D eigenvalue weighted by Gasteiger charge is 2.25. The smallest absolute Gasteiger partial charge is 0.119 e. The molecule has 0 radical (unpaired) electrons. The Labute approximate surface area is 116 Å². The molecule has 1 aliphatic rings. The van der Waals surface area contributed by atoms with Crippen LogP contribution in [0.5, 0.6) is 5.75 Å². The second kappa shape index (κ2) is 5.15. The Hall–Kier alpha value is -1.28. The van der Waals surface area contributed by atoms with Crippen LogP contribution >= 0.6 is 15.9 Å². The maximum Gasteiger partial charge on any atom is 0.119 e. The van der Waals surface area contributed by atoms with Gasteiger partial charge in [-0.15, -0.1) is 0 Å². The van der Waals surface area contributed by atoms with Gasteiger partial charge in [0.05, 0.1) is 6.61 Å². The molecule has 1 nitrogen and oxygen atoms in total. The van der Waals surface area contributed by atoms with Crippen molar-refractivity contribution < 1.29 is 4.74 Å². The minimum Gasteiger partial charge on any atom is -0.493 e. The summed E-state index contributed by atoms with van der Waals surface area (Å²) >= 11 is 3.44. The van der Waals surface area contributed by atoms with Crippen LogP contribution in [0.3, 0.4) is 0 Å². The lowest BCUT2D eigenvalue weighted by molar-refractivity contribution is 0.275. The Morgan fingerprint density at radius 2 is 1.83 bits per heavy atom. The van der Waals surface area contributed by atoms with Crippen molar-refractivity contribution in [3.63, 3.8) is 0 Å². The van der Waals surface area contributed by atoms with Gasteiger partial charge in [0.15, 0.2) is 0 Å². The van der Waals surface area contributed by atoms with E-state index in [1.54, 1.807) is 0 Å². The lowest BCUT2D eigenvalue weighted by atomic mass is 9.78. The number of benzene rings is 2. The van der Waals surface area contributed by atoms with Gasteiger partial charge >= 0.3 is 0 Å². The highest BCUT2D eigenvalue weighted by molar-refractivity contribution is 9.08. The van der Waals surface area contributed by atoms with Crippen LogP contribution in [0, 0.1) is 0 Å². The molecule has 3 rings (SSSR count). The van der Waals surface area contributed by atoms with Crippen molar-refractivity contribution in [2.24, 2.45) is 0 Å². The molecule has 2 heteroatoms. The zero-order valence-electron chi connectivity index (χ0n) is 10.1. The molecule has 0 spiro atoms. The Balaban J connectivity index is 1.59. The number of fused-ring (bicyclic) bond motifs is 1. The fraction of sp³-hybridized carbons (Fsp3) is 0.250. The molecule has 0 fully saturated rings. The number of ether oxygens (including phenoxy) is 1. The fourth-order valence-corrected chi connectivity index (χ4v) is 2.76. The summed E-state index contributed by atoms with van der Waals surface area (Å²) in [7, 11) is 0. The molecule has 0 aromatic heterocycles. The molecule has 2 aromatic rings. The van der Waals surface area contributed by atoms with Gasteiger partial charge in [-0.25, -0.2) is 0 Å². The van der Waals surface area contributed by atoms with Gasteiger partial charge in [0.1, 0.15) is 5.75 Å². The lowest BCUT2D eigenvalue weighted by Crippen LogP contribution is -2.23. The summed E-state index contributed by atoms with van der Waals surface area (Å²) in [5.41, 5.74) is 4.20. The first kappa shape index (κ1) is 11.8. The van der Waals surface area contributed by atoms with Crippen molar-refractivity contribution in [1.82, 2.24) is 0 Å². The first-order valence-corrected chi connectivity index (χ1v) is 7.34. The van der Waals surface area contributed by atoms with E-state index in [2.05, 4.69) is 52.3 Å². The van der Waals surface area contributed by atoms with Crippen molar-refractivity contribution in [2.75, 3.05) is 6.61 Å². The second-order valence-electron chi connectivity index (χ2n) is 4.69. The molecular weight excluding hydrogens is 288 g/mol. The zero-order chi connectivity index (χ0) is 12.4. The third-order valence-electron chi connectivity index (χ3n) is 3.49. The predicted molar refractivity (Wildman–Crippen MR) is 77.5 cm³/mol. The van der Waals surface area contributed by atoms with Gasteiger partial charge in [0, 0.05) is 11.2 Å². The molecular formula is C16H15BrO. The van der Waals surface area contributed by atoms with Gasteiger partial charge in [-0.05, 0) is 35.2 Å². The van der Waals surface area contributed by atoms with Gasteiger partial charge in [0.2, 0.25) is 0 Å². The molecule has 92 valence electrons. The van der Waals surface area contributed by atoms with Crippen molar-refractivity contribution >= 4 is 15.9 Å². The average molecular weight is 303 g/mol. The topological polar surface area (TPSA) is 9.23 Å². The van der Waals surface area contributed by atoms with E-state index in [-0.39, 0.29) is 0 Å². The Morgan fingerprint density at radius 1 is 1.06 bits per heavy atom. The molecule has 0 N–H and O–H groups in total. The largest absolute Gasteiger partial charge is 0.493 e. The summed E-state index contributed by atoms with van der Waals surface area (Å²) in [5.74, 6) is 1.53. The Morgan fingerprint density at radius 3 is 2.56 bits per heavy atom. The molecule has 2 aromatic carbocycles. The number of rotatable bonds is 4. The highest BCUT2D eigenvalue weighted by Crippen LogP contribution is 2.35. The Kier molecular flexibility index (Phi) is 3.37. The van der Waals surface area contributed by atoms with Crippen LogP contribution in [0.2, 0.25) is 0 Å². The maximum atomic E-state index is 5.85. The van der Waals surface area contributed by atoms with Crippen LogP contribution in [-0.4, -0.2) is 6.61 Å². The van der Waals surface area contributed by atoms with Gasteiger partial charge in [0.25, 0.3) is 0 Å². The van der Waals surface area contributed by atoms with Crippen LogP contribution in [0.15, 0.2) is 48.5 Å². The summed E-state index contributed by atoms with van der Waals surface area (Å²) in [6, 6.07) is 16.9. The van der Waals surface area contributed by atoms with E-state index >= 15 is 0 Å². The average Bonchev–Trinajstić information content (AvgIpc) is 2.40. The van der Waals surface area contributed by atoms with E-state index in [4.69, 9.17) is 4.74 Å². The van der Waals surface area contributed by atoms with E-state index in [0.717, 1.165) is 24.1 Å². The van der Waals surface area contributed by atoms with E-state index < -0.39 is 0 Å². The second-order valence-corrected chi connectivity index (χ2v) is 5.25. The standard InChI is InChI=1S/C16H15BrO/c17-10-12-5-7-15(8-6-12)18-11-14-9-13-3-1-2-4-16(13)14/h1-8,14H,9-11H2. The summed E-state index contributed by atoms with van der Waals surface area (Å²) < 4.78 is 5.85. The molecule has 0 saturated heterocycles. The monoisotopic (exact) mass is 302 g/mol.